The molecule has 2 aliphatic rings. The van der Waals surface area contributed by atoms with E-state index in [0.29, 0.717) is 0 Å². The van der Waals surface area contributed by atoms with Gasteiger partial charge in [-0.1, -0.05) is 0 Å². The van der Waals surface area contributed by atoms with Crippen molar-refractivity contribution in [3.8, 4) is 0 Å². The Bertz CT molecular complexity index is 455. The van der Waals surface area contributed by atoms with Crippen LogP contribution < -0.4 is 0 Å². The van der Waals surface area contributed by atoms with Gasteiger partial charge in [0.25, 0.3) is 0 Å². The zero-order chi connectivity index (χ0) is 19.8. The maximum absolute atomic E-state index is 10.1. The van der Waals surface area contributed by atoms with Crippen LogP contribution in [-0.2, 0) is 18.9 Å². The molecule has 0 amide bonds. The van der Waals surface area contributed by atoms with E-state index in [2.05, 4.69) is 0 Å². The zero-order valence-corrected chi connectivity index (χ0v) is 15.3. The quantitative estimate of drug-likeness (QED) is 0.306. The van der Waals surface area contributed by atoms with Crippen LogP contribution in [0, 0.1) is 0 Å². The van der Waals surface area contributed by atoms with Crippen molar-refractivity contribution < 1.29 is 49.6 Å². The van der Waals surface area contributed by atoms with Crippen molar-refractivity contribution in [2.75, 3.05) is 6.61 Å². The van der Waals surface area contributed by atoms with Gasteiger partial charge in [0.15, 0.2) is 12.6 Å². The Morgan fingerprint density at radius 2 is 1.27 bits per heavy atom. The summed E-state index contributed by atoms with van der Waals surface area (Å²) in [6.07, 6.45) is -12.9. The van der Waals surface area contributed by atoms with Crippen molar-refractivity contribution in [1.82, 2.24) is 0 Å². The Labute approximate surface area is 151 Å². The van der Waals surface area contributed by atoms with Gasteiger partial charge in [0.05, 0.1) is 18.3 Å². The van der Waals surface area contributed by atoms with Gasteiger partial charge in [-0.2, -0.15) is 0 Å². The molecule has 154 valence electrons. The van der Waals surface area contributed by atoms with Crippen molar-refractivity contribution in [3.63, 3.8) is 0 Å². The molecule has 6 N–H and O–H groups in total. The highest BCUT2D eigenvalue weighted by atomic mass is 16.7. The first-order chi connectivity index (χ1) is 11.9. The first-order valence-electron chi connectivity index (χ1n) is 8.61. The molecule has 0 aliphatic carbocycles. The molecule has 2 fully saturated rings. The predicted octanol–water partition coefficient (Wildman–Crippen LogP) is -2.55. The van der Waals surface area contributed by atoms with E-state index in [1.165, 1.54) is 6.92 Å². The molecule has 0 saturated carbocycles. The predicted molar refractivity (Wildman–Crippen MR) is 85.8 cm³/mol. The van der Waals surface area contributed by atoms with Crippen molar-refractivity contribution in [2.45, 2.75) is 94.7 Å². The Hall–Kier alpha value is -0.400. The number of aliphatic hydroxyl groups excluding tert-OH is 6. The average Bonchev–Trinajstić information content (AvgIpc) is 2.55. The van der Waals surface area contributed by atoms with Crippen LogP contribution in [0.3, 0.4) is 0 Å². The van der Waals surface area contributed by atoms with Gasteiger partial charge in [0.1, 0.15) is 42.7 Å². The number of hydrogen-bond donors (Lipinski definition) is 6. The lowest BCUT2D eigenvalue weighted by Gasteiger charge is -2.43. The summed E-state index contributed by atoms with van der Waals surface area (Å²) < 4.78 is 21.7. The van der Waals surface area contributed by atoms with E-state index >= 15 is 0 Å². The summed E-state index contributed by atoms with van der Waals surface area (Å²) in [5.41, 5.74) is -0.669. The number of hydrogen-bond acceptors (Lipinski definition) is 10. The van der Waals surface area contributed by atoms with E-state index in [4.69, 9.17) is 18.9 Å². The fourth-order valence-electron chi connectivity index (χ4n) is 2.84. The molecule has 0 radical (unpaired) electrons. The minimum atomic E-state index is -1.52. The van der Waals surface area contributed by atoms with Crippen LogP contribution in [0.2, 0.25) is 0 Å². The molecule has 6 unspecified atom stereocenters. The number of aliphatic hydroxyl groups is 6. The van der Waals surface area contributed by atoms with Crippen molar-refractivity contribution in [2.24, 2.45) is 0 Å². The summed E-state index contributed by atoms with van der Waals surface area (Å²) in [4.78, 5) is 0. The van der Waals surface area contributed by atoms with E-state index in [1.54, 1.807) is 20.8 Å². The third kappa shape index (κ3) is 4.90. The minimum absolute atomic E-state index is 0.313. The van der Waals surface area contributed by atoms with Gasteiger partial charge in [-0.25, -0.2) is 0 Å². The van der Waals surface area contributed by atoms with E-state index in [0.717, 1.165) is 0 Å². The lowest BCUT2D eigenvalue weighted by atomic mass is 9.98. The maximum Gasteiger partial charge on any atom is 0.187 e. The maximum atomic E-state index is 10.1. The monoisotopic (exact) mass is 382 g/mol. The average molecular weight is 382 g/mol. The first-order valence-corrected chi connectivity index (χ1v) is 8.61. The topological polar surface area (TPSA) is 158 Å². The number of rotatable bonds is 4. The van der Waals surface area contributed by atoms with Crippen LogP contribution >= 0.6 is 0 Å². The molecular formula is C16H30O10. The summed E-state index contributed by atoms with van der Waals surface area (Å²) in [6, 6.07) is 0. The van der Waals surface area contributed by atoms with Gasteiger partial charge in [-0.15, -0.1) is 0 Å². The Morgan fingerprint density at radius 1 is 0.731 bits per heavy atom. The van der Waals surface area contributed by atoms with Gasteiger partial charge in [0, 0.05) is 0 Å². The van der Waals surface area contributed by atoms with E-state index < -0.39 is 67.0 Å². The molecule has 2 aliphatic heterocycles. The fraction of sp³-hybridized carbons (Fsp3) is 1.00. The minimum Gasteiger partial charge on any atom is -0.388 e. The standard InChI is InChI=1S/C16H30O10/c1-6-8(17)10(19)12(21)14(24-6)23-5-7-9(18)11(20)13(22)15(25-7)26-16(2,3)4/h6-15,17-22H,5H2,1-4H3/t6?,7?,8-,9-,10?,11?,12?,13?,14+,15-/m1/s1. The van der Waals surface area contributed by atoms with Crippen LogP contribution in [-0.4, -0.2) is 104 Å². The van der Waals surface area contributed by atoms with Crippen LogP contribution in [0.5, 0.6) is 0 Å². The Morgan fingerprint density at radius 3 is 1.85 bits per heavy atom. The van der Waals surface area contributed by atoms with Gasteiger partial charge < -0.3 is 49.6 Å². The highest BCUT2D eigenvalue weighted by molar-refractivity contribution is 4.91. The molecule has 0 aromatic heterocycles. The molecule has 10 atom stereocenters. The van der Waals surface area contributed by atoms with Gasteiger partial charge in [0.2, 0.25) is 0 Å². The van der Waals surface area contributed by atoms with Crippen molar-refractivity contribution >= 4 is 0 Å². The van der Waals surface area contributed by atoms with Crippen molar-refractivity contribution in [3.05, 3.63) is 0 Å². The molecular weight excluding hydrogens is 352 g/mol. The smallest absolute Gasteiger partial charge is 0.187 e. The first kappa shape index (κ1) is 21.9. The summed E-state index contributed by atoms with van der Waals surface area (Å²) in [5.74, 6) is 0. The normalized spacial score (nSPS) is 47.8. The van der Waals surface area contributed by atoms with Crippen LogP contribution in [0.25, 0.3) is 0 Å². The molecule has 0 spiro atoms. The summed E-state index contributed by atoms with van der Waals surface area (Å²) in [7, 11) is 0. The van der Waals surface area contributed by atoms with Gasteiger partial charge >= 0.3 is 0 Å². The van der Waals surface area contributed by atoms with Gasteiger partial charge in [-0.3, -0.25) is 0 Å². The molecule has 0 aromatic carbocycles. The van der Waals surface area contributed by atoms with E-state index in [9.17, 15) is 30.6 Å². The Balaban J connectivity index is 1.99. The molecule has 2 saturated heterocycles. The molecule has 0 aromatic rings. The Kier molecular flexibility index (Phi) is 7.00. The highest BCUT2D eigenvalue weighted by Gasteiger charge is 2.47. The highest BCUT2D eigenvalue weighted by Crippen LogP contribution is 2.27. The van der Waals surface area contributed by atoms with Crippen LogP contribution in [0.4, 0.5) is 0 Å². The molecule has 0 bridgehead atoms. The summed E-state index contributed by atoms with van der Waals surface area (Å²) in [6.45, 7) is 6.42. The fourth-order valence-corrected chi connectivity index (χ4v) is 2.84. The molecule has 2 heterocycles. The van der Waals surface area contributed by atoms with Crippen molar-refractivity contribution in [1.29, 1.82) is 0 Å². The largest absolute Gasteiger partial charge is 0.388 e. The molecule has 10 nitrogen and oxygen atoms in total. The second-order valence-corrected chi connectivity index (χ2v) is 7.76. The third-order valence-electron chi connectivity index (χ3n) is 4.37. The van der Waals surface area contributed by atoms with Crippen LogP contribution in [0.15, 0.2) is 0 Å². The summed E-state index contributed by atoms with van der Waals surface area (Å²) >= 11 is 0. The van der Waals surface area contributed by atoms with Crippen LogP contribution in [0.1, 0.15) is 27.7 Å². The lowest BCUT2D eigenvalue weighted by molar-refractivity contribution is -0.338. The number of ether oxygens (including phenoxy) is 4. The molecule has 2 rings (SSSR count). The van der Waals surface area contributed by atoms with E-state index in [1.807, 2.05) is 0 Å². The molecule has 10 heteroatoms. The second kappa shape index (κ2) is 8.31. The van der Waals surface area contributed by atoms with E-state index in [-0.39, 0.29) is 6.61 Å². The zero-order valence-electron chi connectivity index (χ0n) is 15.3. The SMILES string of the molecule is CC1O[C@H](OCC2O[C@H](OC(C)(C)C)C(O)C(O)[C@@H]2O)C(O)C(O)[C@@H]1O. The van der Waals surface area contributed by atoms with Gasteiger partial charge in [-0.05, 0) is 27.7 Å². The third-order valence-corrected chi connectivity index (χ3v) is 4.37. The molecule has 26 heavy (non-hydrogen) atoms. The lowest BCUT2D eigenvalue weighted by Crippen LogP contribution is -2.61. The summed E-state index contributed by atoms with van der Waals surface area (Å²) in [5, 5.41) is 59.5. The second-order valence-electron chi connectivity index (χ2n) is 7.76.